The van der Waals surface area contributed by atoms with Crippen LogP contribution in [0.5, 0.6) is 0 Å². The highest BCUT2D eigenvalue weighted by Gasteiger charge is 2.36. The molecule has 9 heterocycles. The van der Waals surface area contributed by atoms with Gasteiger partial charge in [0.05, 0.1) is 61.0 Å². The fourth-order valence-electron chi connectivity index (χ4n) is 22.7. The largest absolute Gasteiger partial charge is 0.456 e. The smallest absolute Gasteiger partial charge is 0.235 e. The van der Waals surface area contributed by atoms with E-state index in [-0.39, 0.29) is 5.41 Å². The van der Waals surface area contributed by atoms with Crippen LogP contribution >= 0.6 is 0 Å². The number of benzene rings is 21. The molecule has 1 aliphatic rings. The molecule has 12 heteroatoms. The number of nitrogens with zero attached hydrogens (tertiary/aromatic N) is 9. The van der Waals surface area contributed by atoms with Gasteiger partial charge in [-0.1, -0.05) is 341 Å². The lowest BCUT2D eigenvalue weighted by Crippen LogP contribution is -2.15. The van der Waals surface area contributed by atoms with Gasteiger partial charge in [0, 0.05) is 115 Å². The first kappa shape index (κ1) is 79.6. The monoisotopic (exact) mass is 1800 g/mol. The average Bonchev–Trinajstić information content (AvgIpc) is 1.57. The molecule has 0 amide bonds. The summed E-state index contributed by atoms with van der Waals surface area (Å²) >= 11 is 0. The summed E-state index contributed by atoms with van der Waals surface area (Å²) in [7, 11) is 0. The molecule has 9 aromatic heterocycles. The molecule has 0 N–H and O–H groups in total. The second-order valence-corrected chi connectivity index (χ2v) is 37.4. The molecule has 0 unspecified atom stereocenters. The minimum Gasteiger partial charge on any atom is -0.456 e. The van der Waals surface area contributed by atoms with E-state index in [2.05, 4.69) is 385 Å². The van der Waals surface area contributed by atoms with Gasteiger partial charge < -0.3 is 13.3 Å². The van der Waals surface area contributed by atoms with E-state index < -0.39 is 0 Å². The predicted octanol–water partition coefficient (Wildman–Crippen LogP) is 34.0. The van der Waals surface area contributed by atoms with Crippen LogP contribution in [-0.4, -0.2) is 43.6 Å². The fraction of sp³-hybridized carbons (Fsp3) is 0.0233. The van der Waals surface area contributed by atoms with E-state index >= 15 is 0 Å². The molecule has 21 aromatic carbocycles. The summed E-state index contributed by atoms with van der Waals surface area (Å²) in [4.78, 5) is 30.9. The van der Waals surface area contributed by atoms with Gasteiger partial charge >= 0.3 is 0 Å². The van der Waals surface area contributed by atoms with Crippen LogP contribution in [0.3, 0.4) is 0 Å². The molecule has 0 fully saturated rings. The number of para-hydroxylation sites is 11. The third-order valence-corrected chi connectivity index (χ3v) is 29.3. The van der Waals surface area contributed by atoms with E-state index in [4.69, 9.17) is 43.2 Å². The molecule has 0 aliphatic heterocycles. The summed E-state index contributed by atoms with van der Waals surface area (Å²) in [6.07, 6.45) is 1.91. The Morgan fingerprint density at radius 3 is 1.12 bits per heavy atom. The number of hydrogen-bond acceptors (Lipinski definition) is 9. The number of aromatic nitrogens is 9. The summed E-state index contributed by atoms with van der Waals surface area (Å²) in [6, 6.07) is 154. The summed E-state index contributed by atoms with van der Waals surface area (Å²) in [6.45, 7) is 4.66. The van der Waals surface area contributed by atoms with Gasteiger partial charge in [0.1, 0.15) is 33.5 Å². The highest BCUT2D eigenvalue weighted by Crippen LogP contribution is 2.52. The van der Waals surface area contributed by atoms with E-state index in [1.165, 1.54) is 86.9 Å². The van der Waals surface area contributed by atoms with Crippen molar-refractivity contribution in [1.82, 2.24) is 43.6 Å². The minimum absolute atomic E-state index is 0.113. The van der Waals surface area contributed by atoms with E-state index in [1.54, 1.807) is 0 Å². The summed E-state index contributed by atoms with van der Waals surface area (Å²) in [5, 5.41) is 24.1. The Labute approximate surface area is 805 Å². The molecular weight excluding hydrogens is 1720 g/mol. The second-order valence-electron chi connectivity index (χ2n) is 37.4. The average molecular weight is 1800 g/mol. The maximum atomic E-state index is 6.43. The standard InChI is InChI=1S/C51H33N3O.C42H25N3O.C36H21N3O/c1-51(2)41-15-7-3-11-34(41)35-24-21-33(29-42(35)51)49-37-13-4-8-16-43(37)52-50(53-49)54-44-17-9-5-14-38(44)48-39-27-31(20-19-30(39)22-25-45(48)54)32-23-26-47-40(28-32)36-12-6-10-18-46(36)55-47;1-2-11-27(12-3-1)40-32-14-4-7-18-35(32)43-42(44-40)45-36-19-8-5-15-33(36)39-34-25-28(22-21-26(34)23-24-37(39)45)29-16-10-17-31-30-13-6-9-20-38(30)46-41(29)31;1-4-13-30-24(8-1)21-37-36(38-30)39-31-14-5-2-10-28(31)34-29-20-23(17-16-22(29)18-19-32(34)39)25-11-7-12-27-26-9-3-6-15-33(26)40-35(25)27/h3-29H,1-2H3;1-25H;1-21H. The Morgan fingerprint density at radius 1 is 0.206 bits per heavy atom. The van der Waals surface area contributed by atoms with Gasteiger partial charge in [0.25, 0.3) is 0 Å². The molecule has 0 atom stereocenters. The number of hydrogen-bond donors (Lipinski definition) is 0. The third-order valence-electron chi connectivity index (χ3n) is 29.3. The molecule has 30 aromatic rings. The van der Waals surface area contributed by atoms with E-state index in [1.807, 2.05) is 85.1 Å². The predicted molar refractivity (Wildman–Crippen MR) is 581 cm³/mol. The molecular formula is C129H79N9O3. The SMILES string of the molecule is CC1(C)c2ccccc2-c2ccc(-c3nc(-n4c5ccccc5c5c6cc(-c7ccc8oc9ccccc9c8c7)ccc6ccc54)nc4ccccc34)cc21.c1ccc(-c2nc(-n3c4ccccc4c4c5cc(-c6cccc7c6oc6ccccc67)ccc5ccc43)nc3ccccc23)cc1.c1ccc2nc(-n3c4ccccc4c4c5cc(-c6cccc7c6oc6ccccc67)ccc5ccc43)ncc2c1. The summed E-state index contributed by atoms with van der Waals surface area (Å²) in [5.74, 6) is 1.99. The Kier molecular flexibility index (Phi) is 17.6. The first-order chi connectivity index (χ1) is 69.7. The number of furan rings is 3. The first-order valence-corrected chi connectivity index (χ1v) is 47.8. The zero-order valence-corrected chi connectivity index (χ0v) is 76.4. The van der Waals surface area contributed by atoms with E-state index in [0.717, 1.165) is 188 Å². The highest BCUT2D eigenvalue weighted by atomic mass is 16.3. The molecule has 31 rings (SSSR count). The Balaban J connectivity index is 0.000000103. The van der Waals surface area contributed by atoms with Gasteiger partial charge in [0.15, 0.2) is 0 Å². The van der Waals surface area contributed by atoms with Crippen LogP contribution in [-0.2, 0) is 5.41 Å². The molecule has 0 radical (unpaired) electrons. The van der Waals surface area contributed by atoms with Gasteiger partial charge in [-0.3, -0.25) is 13.7 Å². The van der Waals surface area contributed by atoms with Gasteiger partial charge in [0.2, 0.25) is 17.8 Å². The Bertz CT molecular complexity index is 10600. The normalized spacial score (nSPS) is 12.5. The highest BCUT2D eigenvalue weighted by molar-refractivity contribution is 6.26. The van der Waals surface area contributed by atoms with E-state index in [0.29, 0.717) is 17.8 Å². The van der Waals surface area contributed by atoms with Crippen molar-refractivity contribution in [3.05, 3.63) is 454 Å². The van der Waals surface area contributed by atoms with Crippen LogP contribution in [0.25, 0.3) is 281 Å². The van der Waals surface area contributed by atoms with Gasteiger partial charge in [-0.15, -0.1) is 0 Å². The lowest BCUT2D eigenvalue weighted by atomic mass is 9.82. The number of rotatable bonds is 8. The van der Waals surface area contributed by atoms with E-state index in [9.17, 15) is 0 Å². The van der Waals surface area contributed by atoms with Crippen molar-refractivity contribution < 1.29 is 13.3 Å². The maximum Gasteiger partial charge on any atom is 0.235 e. The molecule has 1 aliphatic carbocycles. The molecule has 0 saturated heterocycles. The number of fused-ring (bicyclic) bond motifs is 30. The molecule has 141 heavy (non-hydrogen) atoms. The molecule has 0 saturated carbocycles. The topological polar surface area (TPSA) is 132 Å². The van der Waals surface area contributed by atoms with Crippen LogP contribution in [0, 0.1) is 0 Å². The minimum atomic E-state index is -0.113. The van der Waals surface area contributed by atoms with Crippen molar-refractivity contribution in [3.63, 3.8) is 0 Å². The zero-order valence-electron chi connectivity index (χ0n) is 76.4. The van der Waals surface area contributed by atoms with Crippen molar-refractivity contribution in [2.75, 3.05) is 0 Å². The Hall–Kier alpha value is -18.8. The fourth-order valence-corrected chi connectivity index (χ4v) is 22.7. The van der Waals surface area contributed by atoms with Crippen LogP contribution in [0.4, 0.5) is 0 Å². The van der Waals surface area contributed by atoms with Gasteiger partial charge in [-0.25, -0.2) is 29.9 Å². The Morgan fingerprint density at radius 2 is 0.574 bits per heavy atom. The summed E-state index contributed by atoms with van der Waals surface area (Å²) < 4.78 is 25.6. The molecule has 0 bridgehead atoms. The molecule has 12 nitrogen and oxygen atoms in total. The first-order valence-electron chi connectivity index (χ1n) is 47.8. The quantitative estimate of drug-likeness (QED) is 0.146. The van der Waals surface area contributed by atoms with Crippen molar-refractivity contribution in [1.29, 1.82) is 0 Å². The van der Waals surface area contributed by atoms with Crippen molar-refractivity contribution in [2.45, 2.75) is 19.3 Å². The van der Waals surface area contributed by atoms with Crippen molar-refractivity contribution in [3.8, 4) is 84.9 Å². The summed E-state index contributed by atoms with van der Waals surface area (Å²) in [5.41, 5.74) is 30.7. The lowest BCUT2D eigenvalue weighted by molar-refractivity contribution is 0.660. The third kappa shape index (κ3) is 12.4. The van der Waals surface area contributed by atoms with Gasteiger partial charge in [-0.05, 0) is 186 Å². The van der Waals surface area contributed by atoms with Crippen LogP contribution in [0.1, 0.15) is 25.0 Å². The van der Waals surface area contributed by atoms with Crippen molar-refractivity contribution in [2.24, 2.45) is 0 Å². The van der Waals surface area contributed by atoms with Crippen molar-refractivity contribution >= 4 is 196 Å². The maximum absolute atomic E-state index is 6.43. The van der Waals surface area contributed by atoms with Gasteiger partial charge in [-0.2, -0.15) is 0 Å². The zero-order chi connectivity index (χ0) is 92.8. The molecule has 0 spiro atoms. The second kappa shape index (κ2) is 31.1. The van der Waals surface area contributed by atoms with Crippen LogP contribution in [0.2, 0.25) is 0 Å². The van der Waals surface area contributed by atoms with Crippen LogP contribution in [0.15, 0.2) is 456 Å². The van der Waals surface area contributed by atoms with Crippen LogP contribution < -0.4 is 0 Å². The molecule has 658 valence electrons. The lowest BCUT2D eigenvalue weighted by Gasteiger charge is -2.22.